The highest BCUT2D eigenvalue weighted by Gasteiger charge is 2.17. The molecule has 1 heterocycles. The smallest absolute Gasteiger partial charge is 0.129 e. The van der Waals surface area contributed by atoms with Gasteiger partial charge in [0.1, 0.15) is 17.5 Å². The minimum atomic E-state index is -1.14. The van der Waals surface area contributed by atoms with Crippen LogP contribution in [0.3, 0.4) is 0 Å². The van der Waals surface area contributed by atoms with Gasteiger partial charge in [0.2, 0.25) is 0 Å². The number of aliphatic hydroxyl groups excluding tert-OH is 1. The number of aromatic nitrogens is 2. The summed E-state index contributed by atoms with van der Waals surface area (Å²) in [6, 6.07) is 10.6. The standard InChI is InChI=1S/C16H14F2N2O/c1-10-19-14-4-2-3-5-15(14)20(10)9-16(21)12-8-11(17)6-7-13(12)18/h2-8,16,21H,9H2,1H3/t16-/m1/s1. The zero-order chi connectivity index (χ0) is 15.0. The van der Waals surface area contributed by atoms with Crippen LogP contribution in [0.2, 0.25) is 0 Å². The second kappa shape index (κ2) is 5.26. The molecule has 0 saturated heterocycles. The van der Waals surface area contributed by atoms with E-state index in [9.17, 15) is 13.9 Å². The van der Waals surface area contributed by atoms with Gasteiger partial charge in [-0.25, -0.2) is 13.8 Å². The van der Waals surface area contributed by atoms with Crippen LogP contribution in [0.25, 0.3) is 11.0 Å². The predicted octanol–water partition coefficient (Wildman–Crippen LogP) is 3.36. The third kappa shape index (κ3) is 2.52. The average Bonchev–Trinajstić information content (AvgIpc) is 2.78. The molecule has 0 aliphatic carbocycles. The van der Waals surface area contributed by atoms with E-state index in [1.54, 1.807) is 4.57 Å². The minimum absolute atomic E-state index is 0.0489. The Kier molecular flexibility index (Phi) is 3.43. The van der Waals surface area contributed by atoms with Gasteiger partial charge >= 0.3 is 0 Å². The van der Waals surface area contributed by atoms with Crippen molar-refractivity contribution in [1.82, 2.24) is 9.55 Å². The van der Waals surface area contributed by atoms with E-state index in [2.05, 4.69) is 4.98 Å². The predicted molar refractivity (Wildman–Crippen MR) is 75.8 cm³/mol. The molecule has 3 nitrogen and oxygen atoms in total. The van der Waals surface area contributed by atoms with Crippen LogP contribution in [0.4, 0.5) is 8.78 Å². The quantitative estimate of drug-likeness (QED) is 0.802. The molecule has 0 spiro atoms. The number of imidazole rings is 1. The summed E-state index contributed by atoms with van der Waals surface area (Å²) in [6.07, 6.45) is -1.14. The SMILES string of the molecule is Cc1nc2ccccc2n1C[C@@H](O)c1cc(F)ccc1F. The van der Waals surface area contributed by atoms with Crippen molar-refractivity contribution in [3.05, 3.63) is 65.5 Å². The molecule has 0 amide bonds. The first-order valence-corrected chi connectivity index (χ1v) is 6.61. The summed E-state index contributed by atoms with van der Waals surface area (Å²) in [7, 11) is 0. The van der Waals surface area contributed by atoms with E-state index < -0.39 is 17.7 Å². The highest BCUT2D eigenvalue weighted by Crippen LogP contribution is 2.23. The maximum absolute atomic E-state index is 13.7. The Bertz CT molecular complexity index is 798. The summed E-state index contributed by atoms with van der Waals surface area (Å²) in [4.78, 5) is 4.38. The Morgan fingerprint density at radius 2 is 1.95 bits per heavy atom. The lowest BCUT2D eigenvalue weighted by Gasteiger charge is -2.15. The zero-order valence-electron chi connectivity index (χ0n) is 11.4. The number of hydrogen-bond donors (Lipinski definition) is 1. The maximum atomic E-state index is 13.7. The number of para-hydroxylation sites is 2. The maximum Gasteiger partial charge on any atom is 0.129 e. The van der Waals surface area contributed by atoms with E-state index in [0.717, 1.165) is 29.2 Å². The molecule has 2 aromatic carbocycles. The van der Waals surface area contributed by atoms with E-state index in [0.29, 0.717) is 5.82 Å². The number of halogens is 2. The Morgan fingerprint density at radius 1 is 1.19 bits per heavy atom. The van der Waals surface area contributed by atoms with E-state index in [1.807, 2.05) is 31.2 Å². The van der Waals surface area contributed by atoms with E-state index in [-0.39, 0.29) is 12.1 Å². The number of aryl methyl sites for hydroxylation is 1. The number of benzene rings is 2. The van der Waals surface area contributed by atoms with Gasteiger partial charge in [-0.3, -0.25) is 0 Å². The monoisotopic (exact) mass is 288 g/mol. The van der Waals surface area contributed by atoms with Crippen LogP contribution in [-0.2, 0) is 6.54 Å². The first kappa shape index (κ1) is 13.7. The van der Waals surface area contributed by atoms with Gasteiger partial charge in [0, 0.05) is 5.56 Å². The number of rotatable bonds is 3. The van der Waals surface area contributed by atoms with Crippen molar-refractivity contribution < 1.29 is 13.9 Å². The second-order valence-electron chi connectivity index (χ2n) is 4.94. The Balaban J connectivity index is 1.98. The Labute approximate surface area is 120 Å². The molecule has 0 unspecified atom stereocenters. The fraction of sp³-hybridized carbons (Fsp3) is 0.188. The van der Waals surface area contributed by atoms with Crippen LogP contribution in [0.5, 0.6) is 0 Å². The minimum Gasteiger partial charge on any atom is -0.386 e. The van der Waals surface area contributed by atoms with E-state index in [4.69, 9.17) is 0 Å². The Morgan fingerprint density at radius 3 is 2.76 bits per heavy atom. The van der Waals surface area contributed by atoms with Gasteiger partial charge in [0.05, 0.1) is 23.7 Å². The molecule has 0 radical (unpaired) electrons. The lowest BCUT2D eigenvalue weighted by atomic mass is 10.1. The number of aliphatic hydroxyl groups is 1. The highest BCUT2D eigenvalue weighted by atomic mass is 19.1. The number of fused-ring (bicyclic) bond motifs is 1. The largest absolute Gasteiger partial charge is 0.386 e. The summed E-state index contributed by atoms with van der Waals surface area (Å²) >= 11 is 0. The molecule has 1 N–H and O–H groups in total. The van der Waals surface area contributed by atoms with Crippen LogP contribution in [0.15, 0.2) is 42.5 Å². The van der Waals surface area contributed by atoms with Crippen molar-refractivity contribution in [2.75, 3.05) is 0 Å². The van der Waals surface area contributed by atoms with Crippen molar-refractivity contribution in [1.29, 1.82) is 0 Å². The number of hydrogen-bond acceptors (Lipinski definition) is 2. The van der Waals surface area contributed by atoms with Crippen molar-refractivity contribution in [2.24, 2.45) is 0 Å². The fourth-order valence-corrected chi connectivity index (χ4v) is 2.47. The molecule has 3 aromatic rings. The van der Waals surface area contributed by atoms with Crippen LogP contribution in [0, 0.1) is 18.6 Å². The Hall–Kier alpha value is -2.27. The molecule has 0 aliphatic rings. The van der Waals surface area contributed by atoms with E-state index in [1.165, 1.54) is 0 Å². The van der Waals surface area contributed by atoms with Gasteiger partial charge in [-0.2, -0.15) is 0 Å². The first-order chi connectivity index (χ1) is 10.1. The lowest BCUT2D eigenvalue weighted by molar-refractivity contribution is 0.152. The molecule has 5 heteroatoms. The fourth-order valence-electron chi connectivity index (χ4n) is 2.47. The molecule has 0 bridgehead atoms. The highest BCUT2D eigenvalue weighted by molar-refractivity contribution is 5.75. The molecule has 108 valence electrons. The summed E-state index contributed by atoms with van der Waals surface area (Å²) < 4.78 is 28.7. The molecule has 0 aliphatic heterocycles. The molecule has 0 fully saturated rings. The van der Waals surface area contributed by atoms with Gasteiger partial charge < -0.3 is 9.67 Å². The lowest BCUT2D eigenvalue weighted by Crippen LogP contribution is -2.11. The van der Waals surface area contributed by atoms with Crippen molar-refractivity contribution in [3.63, 3.8) is 0 Å². The van der Waals surface area contributed by atoms with Crippen molar-refractivity contribution >= 4 is 11.0 Å². The normalized spacial score (nSPS) is 12.8. The van der Waals surface area contributed by atoms with Gasteiger partial charge in [0.15, 0.2) is 0 Å². The van der Waals surface area contributed by atoms with Crippen LogP contribution < -0.4 is 0 Å². The number of nitrogens with zero attached hydrogens (tertiary/aromatic N) is 2. The van der Waals surface area contributed by atoms with Crippen LogP contribution in [-0.4, -0.2) is 14.7 Å². The summed E-state index contributed by atoms with van der Waals surface area (Å²) in [5.74, 6) is -0.476. The van der Waals surface area contributed by atoms with E-state index >= 15 is 0 Å². The molecular weight excluding hydrogens is 274 g/mol. The van der Waals surface area contributed by atoms with Gasteiger partial charge in [0.25, 0.3) is 0 Å². The van der Waals surface area contributed by atoms with Crippen LogP contribution >= 0.6 is 0 Å². The third-order valence-electron chi connectivity index (χ3n) is 3.52. The molecular formula is C16H14F2N2O. The zero-order valence-corrected chi connectivity index (χ0v) is 11.4. The first-order valence-electron chi connectivity index (χ1n) is 6.61. The molecule has 1 aromatic heterocycles. The van der Waals surface area contributed by atoms with Gasteiger partial charge in [-0.15, -0.1) is 0 Å². The van der Waals surface area contributed by atoms with Crippen molar-refractivity contribution in [2.45, 2.75) is 19.6 Å². The molecule has 1 atom stereocenters. The summed E-state index contributed by atoms with van der Waals surface area (Å²) in [6.45, 7) is 1.93. The summed E-state index contributed by atoms with van der Waals surface area (Å²) in [5.41, 5.74) is 1.61. The van der Waals surface area contributed by atoms with Crippen molar-refractivity contribution in [3.8, 4) is 0 Å². The average molecular weight is 288 g/mol. The topological polar surface area (TPSA) is 38.0 Å². The molecule has 0 saturated carbocycles. The van der Waals surface area contributed by atoms with Gasteiger partial charge in [-0.1, -0.05) is 12.1 Å². The third-order valence-corrected chi connectivity index (χ3v) is 3.52. The van der Waals surface area contributed by atoms with Crippen LogP contribution in [0.1, 0.15) is 17.5 Å². The second-order valence-corrected chi connectivity index (χ2v) is 4.94. The summed E-state index contributed by atoms with van der Waals surface area (Å²) in [5, 5.41) is 10.2. The van der Waals surface area contributed by atoms with Gasteiger partial charge in [-0.05, 0) is 37.3 Å². The molecule has 3 rings (SSSR count). The molecule has 21 heavy (non-hydrogen) atoms.